The number of hydrogen-bond acceptors (Lipinski definition) is 11. The molecule has 2 unspecified atom stereocenters. The molecule has 2 saturated carbocycles. The molecule has 0 radical (unpaired) electrons. The molecule has 2 aliphatic rings. The zero-order chi connectivity index (χ0) is 33.2. The maximum atomic E-state index is 12.3. The normalized spacial score (nSPS) is 18.5. The molecular formula is C33H42N4O8. The zero-order valence-electron chi connectivity index (χ0n) is 26.8. The molecule has 2 atom stereocenters. The number of rotatable bonds is 16. The number of hydrogen-bond donors (Lipinski definition) is 1. The molecule has 0 amide bonds. The third-order valence-corrected chi connectivity index (χ3v) is 9.22. The number of carbonyl (C=O) groups excluding carboxylic acids is 2. The summed E-state index contributed by atoms with van der Waals surface area (Å²) < 4.78 is 21.6. The third-order valence-electron chi connectivity index (χ3n) is 9.22. The summed E-state index contributed by atoms with van der Waals surface area (Å²) in [4.78, 5) is 46.0. The minimum atomic E-state index is -1.22. The lowest BCUT2D eigenvalue weighted by atomic mass is 9.68. The highest BCUT2D eigenvalue weighted by Crippen LogP contribution is 2.55. The van der Waals surface area contributed by atoms with Crippen molar-refractivity contribution in [3.8, 4) is 12.1 Å². The predicted molar refractivity (Wildman–Crippen MR) is 157 cm³/mol. The summed E-state index contributed by atoms with van der Waals surface area (Å²) >= 11 is 0. The summed E-state index contributed by atoms with van der Waals surface area (Å²) in [6, 6.07) is 4.87. The molecule has 0 bridgehead atoms. The Balaban J connectivity index is 1.66. The number of nitriles is 2. The van der Waals surface area contributed by atoms with Crippen molar-refractivity contribution in [3.63, 3.8) is 0 Å². The standard InChI is InChI=1S/C33H42N4O8/c1-30(2,28(40)42-5)14-23-16-44-26(36-23)32(18-34,21-7-8-21)12-20(11-25(38)39)13-33(19-35,22-9-10-22)27-37-24(17-45-27)15-31(3,4)29(41)43-6/h16-17,20-22H,7-15H2,1-6H3,(H,38,39). The van der Waals surface area contributed by atoms with Crippen LogP contribution in [0.2, 0.25) is 0 Å². The smallest absolute Gasteiger partial charge is 0.311 e. The molecule has 2 aromatic heterocycles. The number of aromatic nitrogens is 2. The predicted octanol–water partition coefficient (Wildman–Crippen LogP) is 5.06. The number of nitrogens with zero attached hydrogens (tertiary/aromatic N) is 4. The van der Waals surface area contributed by atoms with Crippen LogP contribution in [0.15, 0.2) is 21.4 Å². The lowest BCUT2D eigenvalue weighted by molar-refractivity contribution is -0.151. The molecule has 45 heavy (non-hydrogen) atoms. The Morgan fingerprint density at radius 1 is 0.844 bits per heavy atom. The van der Waals surface area contributed by atoms with Crippen molar-refractivity contribution < 1.29 is 37.8 Å². The summed E-state index contributed by atoms with van der Waals surface area (Å²) in [5, 5.41) is 31.3. The van der Waals surface area contributed by atoms with E-state index >= 15 is 0 Å². The molecule has 0 aliphatic heterocycles. The second-order valence-electron chi connectivity index (χ2n) is 14.0. The molecule has 12 heteroatoms. The lowest BCUT2D eigenvalue weighted by Crippen LogP contribution is -2.36. The van der Waals surface area contributed by atoms with Gasteiger partial charge in [-0.25, -0.2) is 9.97 Å². The fourth-order valence-corrected chi connectivity index (χ4v) is 6.54. The summed E-state index contributed by atoms with van der Waals surface area (Å²) in [7, 11) is 2.64. The average molecular weight is 623 g/mol. The maximum Gasteiger partial charge on any atom is 0.311 e. The van der Waals surface area contributed by atoms with Gasteiger partial charge in [0.05, 0.1) is 48.6 Å². The topological polar surface area (TPSA) is 190 Å². The van der Waals surface area contributed by atoms with Crippen LogP contribution < -0.4 is 0 Å². The Morgan fingerprint density at radius 3 is 1.51 bits per heavy atom. The number of carbonyl (C=O) groups is 3. The van der Waals surface area contributed by atoms with Gasteiger partial charge in [-0.3, -0.25) is 14.4 Å². The van der Waals surface area contributed by atoms with Crippen LogP contribution >= 0.6 is 0 Å². The molecule has 0 spiro atoms. The van der Waals surface area contributed by atoms with Crippen LogP contribution in [0.1, 0.15) is 95.8 Å². The van der Waals surface area contributed by atoms with Crippen LogP contribution in [-0.4, -0.2) is 47.2 Å². The number of carboxylic acid groups (broad SMARTS) is 1. The van der Waals surface area contributed by atoms with Crippen molar-refractivity contribution in [3.05, 3.63) is 35.7 Å². The number of methoxy groups -OCH3 is 2. The van der Waals surface area contributed by atoms with Gasteiger partial charge in [-0.05, 0) is 84.0 Å². The van der Waals surface area contributed by atoms with Gasteiger partial charge in [0.15, 0.2) is 0 Å². The molecule has 0 saturated heterocycles. The summed E-state index contributed by atoms with van der Waals surface area (Å²) in [6.07, 6.45) is 6.29. The summed E-state index contributed by atoms with van der Waals surface area (Å²) in [6.45, 7) is 6.94. The molecule has 2 fully saturated rings. The molecule has 1 N–H and O–H groups in total. The number of carboxylic acids is 1. The van der Waals surface area contributed by atoms with Gasteiger partial charge in [-0.1, -0.05) is 0 Å². The summed E-state index contributed by atoms with van der Waals surface area (Å²) in [5.41, 5.74) is -3.21. The fourth-order valence-electron chi connectivity index (χ4n) is 6.54. The van der Waals surface area contributed by atoms with E-state index in [0.29, 0.717) is 11.4 Å². The van der Waals surface area contributed by atoms with E-state index in [-0.39, 0.29) is 55.7 Å². The van der Waals surface area contributed by atoms with Gasteiger partial charge in [0.1, 0.15) is 23.4 Å². The minimum Gasteiger partial charge on any atom is -0.481 e. The van der Waals surface area contributed by atoms with Crippen LogP contribution in [0.5, 0.6) is 0 Å². The third kappa shape index (κ3) is 7.06. The Bertz CT molecular complexity index is 1400. The van der Waals surface area contributed by atoms with Crippen molar-refractivity contribution in [2.75, 3.05) is 14.2 Å². The van der Waals surface area contributed by atoms with E-state index in [1.54, 1.807) is 27.7 Å². The van der Waals surface area contributed by atoms with E-state index in [4.69, 9.17) is 18.3 Å². The first-order valence-corrected chi connectivity index (χ1v) is 15.3. The van der Waals surface area contributed by atoms with Crippen LogP contribution in [0, 0.1) is 51.2 Å². The van der Waals surface area contributed by atoms with Crippen LogP contribution in [-0.2, 0) is 47.5 Å². The van der Waals surface area contributed by atoms with Gasteiger partial charge in [-0.2, -0.15) is 10.5 Å². The van der Waals surface area contributed by atoms with Gasteiger partial charge in [0.2, 0.25) is 11.8 Å². The van der Waals surface area contributed by atoms with E-state index in [1.807, 2.05) is 0 Å². The van der Waals surface area contributed by atoms with Crippen molar-refractivity contribution in [1.82, 2.24) is 9.97 Å². The van der Waals surface area contributed by atoms with Gasteiger partial charge < -0.3 is 23.4 Å². The first-order valence-electron chi connectivity index (χ1n) is 15.3. The largest absolute Gasteiger partial charge is 0.481 e. The SMILES string of the molecule is COC(=O)C(C)(C)Cc1coc(C(C#N)(CC(CC(=O)O)CC(C#N)(c2nc(CC(C)(C)C(=O)OC)co2)C2CC2)C2CC2)n1. The van der Waals surface area contributed by atoms with Crippen molar-refractivity contribution in [1.29, 1.82) is 10.5 Å². The van der Waals surface area contributed by atoms with Crippen LogP contribution in [0.3, 0.4) is 0 Å². The van der Waals surface area contributed by atoms with Gasteiger partial charge in [-0.15, -0.1) is 0 Å². The van der Waals surface area contributed by atoms with E-state index in [9.17, 15) is 30.0 Å². The van der Waals surface area contributed by atoms with Crippen LogP contribution in [0.4, 0.5) is 0 Å². The second kappa shape index (κ2) is 12.7. The Morgan fingerprint density at radius 2 is 1.22 bits per heavy atom. The van der Waals surface area contributed by atoms with Crippen molar-refractivity contribution in [2.24, 2.45) is 28.6 Å². The number of aliphatic carboxylic acids is 1. The molecule has 12 nitrogen and oxygen atoms in total. The first-order chi connectivity index (χ1) is 21.2. The average Bonchev–Trinajstić information content (AvgIpc) is 3.92. The molecule has 0 aromatic carbocycles. The monoisotopic (exact) mass is 622 g/mol. The first kappa shape index (κ1) is 33.7. The molecular weight excluding hydrogens is 580 g/mol. The Kier molecular flexibility index (Phi) is 9.48. The molecule has 242 valence electrons. The molecule has 2 heterocycles. The Hall–Kier alpha value is -4.19. The van der Waals surface area contributed by atoms with Gasteiger partial charge in [0.25, 0.3) is 0 Å². The van der Waals surface area contributed by atoms with E-state index in [1.165, 1.54) is 26.7 Å². The highest BCUT2D eigenvalue weighted by molar-refractivity contribution is 5.76. The minimum absolute atomic E-state index is 0.0924. The summed E-state index contributed by atoms with van der Waals surface area (Å²) in [5.74, 6) is -2.28. The highest BCUT2D eigenvalue weighted by Gasteiger charge is 2.56. The molecule has 4 rings (SSSR count). The maximum absolute atomic E-state index is 12.3. The van der Waals surface area contributed by atoms with E-state index in [2.05, 4.69) is 22.1 Å². The second-order valence-corrected chi connectivity index (χ2v) is 14.0. The number of ether oxygens (including phenoxy) is 2. The van der Waals surface area contributed by atoms with Crippen LogP contribution in [0.25, 0.3) is 0 Å². The molecule has 2 aliphatic carbocycles. The lowest BCUT2D eigenvalue weighted by Gasteiger charge is -2.32. The van der Waals surface area contributed by atoms with E-state index in [0.717, 1.165) is 25.7 Å². The Labute approximate surface area is 263 Å². The van der Waals surface area contributed by atoms with Gasteiger partial charge >= 0.3 is 17.9 Å². The van der Waals surface area contributed by atoms with Crippen molar-refractivity contribution in [2.45, 2.75) is 96.3 Å². The highest BCUT2D eigenvalue weighted by atomic mass is 16.5. The van der Waals surface area contributed by atoms with E-state index < -0.39 is 45.5 Å². The van der Waals surface area contributed by atoms with Crippen molar-refractivity contribution >= 4 is 17.9 Å². The number of esters is 2. The van der Waals surface area contributed by atoms with Gasteiger partial charge in [0, 0.05) is 19.3 Å². The fraction of sp³-hybridized carbons (Fsp3) is 0.667. The zero-order valence-corrected chi connectivity index (χ0v) is 26.8. The number of oxazole rings is 2. The molecule has 2 aromatic rings. The quantitative estimate of drug-likeness (QED) is 0.245.